The fourth-order valence-corrected chi connectivity index (χ4v) is 5.27. The number of halogens is 1. The number of likely N-dealkylation sites (N-methyl/N-ethyl adjacent to an activating group) is 1. The summed E-state index contributed by atoms with van der Waals surface area (Å²) >= 11 is 6.66. The maximum Gasteiger partial charge on any atom is 0.341 e. The zero-order chi connectivity index (χ0) is 25.8. The normalized spacial score (nSPS) is 15.4. The van der Waals surface area contributed by atoms with E-state index in [-0.39, 0.29) is 10.9 Å². The molecule has 9 nitrogen and oxygen atoms in total. The largest absolute Gasteiger partial charge is 0.477 e. The molecule has 6 rings (SSSR count). The molecule has 4 aromatic rings. The summed E-state index contributed by atoms with van der Waals surface area (Å²) in [5, 5.41) is 10.4. The molecular weight excluding hydrogens is 492 g/mol. The molecule has 0 amide bonds. The number of carboxylic acid groups (broad SMARTS) is 1. The Hall–Kier alpha value is -3.95. The van der Waals surface area contributed by atoms with Gasteiger partial charge in [-0.05, 0) is 50.0 Å². The average Bonchev–Trinajstić information content (AvgIpc) is 3.27. The molecule has 0 bridgehead atoms. The van der Waals surface area contributed by atoms with Crippen molar-refractivity contribution in [3.8, 4) is 5.69 Å². The third-order valence-corrected chi connectivity index (χ3v) is 7.56. The van der Waals surface area contributed by atoms with Crippen molar-refractivity contribution in [2.24, 2.45) is 0 Å². The minimum atomic E-state index is -1.29. The monoisotopic (exact) mass is 516 g/mol. The van der Waals surface area contributed by atoms with E-state index >= 15 is 0 Å². The van der Waals surface area contributed by atoms with Crippen LogP contribution >= 0.6 is 11.6 Å². The van der Waals surface area contributed by atoms with Crippen molar-refractivity contribution < 1.29 is 9.90 Å². The molecule has 1 fully saturated rings. The van der Waals surface area contributed by atoms with Crippen LogP contribution in [0.3, 0.4) is 0 Å². The molecule has 5 heterocycles. The van der Waals surface area contributed by atoms with Crippen LogP contribution in [-0.4, -0.2) is 63.7 Å². The summed E-state index contributed by atoms with van der Waals surface area (Å²) in [7, 11) is 4.13. The van der Waals surface area contributed by atoms with Crippen LogP contribution in [0.1, 0.15) is 21.6 Å². The zero-order valence-electron chi connectivity index (χ0n) is 20.4. The number of nitrogens with zero attached hydrogens (tertiary/aromatic N) is 6. The van der Waals surface area contributed by atoms with Gasteiger partial charge in [0.1, 0.15) is 11.4 Å². The van der Waals surface area contributed by atoms with Gasteiger partial charge in [0.2, 0.25) is 5.43 Å². The van der Waals surface area contributed by atoms with Crippen molar-refractivity contribution in [1.82, 2.24) is 19.4 Å². The van der Waals surface area contributed by atoms with Gasteiger partial charge in [0.25, 0.3) is 0 Å². The number of carbonyl (C=O) groups is 1. The molecule has 0 atom stereocenters. The molecule has 37 heavy (non-hydrogen) atoms. The van der Waals surface area contributed by atoms with Gasteiger partial charge in [-0.3, -0.25) is 9.78 Å². The first-order valence-electron chi connectivity index (χ1n) is 12.0. The van der Waals surface area contributed by atoms with Gasteiger partial charge in [0, 0.05) is 43.5 Å². The molecule has 0 spiro atoms. The number of hydrogen-bond donors (Lipinski definition) is 1. The number of fused-ring (bicyclic) bond motifs is 2. The van der Waals surface area contributed by atoms with E-state index in [1.807, 2.05) is 30.3 Å². The average molecular weight is 517 g/mol. The summed E-state index contributed by atoms with van der Waals surface area (Å²) in [6, 6.07) is 11.7. The Morgan fingerprint density at radius 1 is 1.11 bits per heavy atom. The molecule has 10 heteroatoms. The Balaban J connectivity index is 1.43. The summed E-state index contributed by atoms with van der Waals surface area (Å²) in [6.07, 6.45) is 4.85. The van der Waals surface area contributed by atoms with Crippen LogP contribution in [0.15, 0.2) is 59.8 Å². The van der Waals surface area contributed by atoms with Gasteiger partial charge in [-0.15, -0.1) is 0 Å². The third-order valence-electron chi connectivity index (χ3n) is 7.26. The zero-order valence-corrected chi connectivity index (χ0v) is 21.2. The Morgan fingerprint density at radius 3 is 2.59 bits per heavy atom. The van der Waals surface area contributed by atoms with Crippen LogP contribution in [0.25, 0.3) is 16.6 Å². The van der Waals surface area contributed by atoms with E-state index < -0.39 is 11.4 Å². The molecule has 1 N–H and O–H groups in total. The van der Waals surface area contributed by atoms with Crippen LogP contribution in [0.4, 0.5) is 11.5 Å². The number of pyridine rings is 3. The smallest absolute Gasteiger partial charge is 0.341 e. The fourth-order valence-electron chi connectivity index (χ4n) is 4.99. The van der Waals surface area contributed by atoms with Crippen molar-refractivity contribution in [1.29, 1.82) is 0 Å². The second-order valence-corrected chi connectivity index (χ2v) is 10.1. The minimum Gasteiger partial charge on any atom is -0.477 e. The maximum atomic E-state index is 13.1. The summed E-state index contributed by atoms with van der Waals surface area (Å²) in [6.45, 7) is 3.04. The lowest BCUT2D eigenvalue weighted by molar-refractivity contribution is 0.0695. The molecule has 188 valence electrons. The third kappa shape index (κ3) is 4.00. The predicted octanol–water partition coefficient (Wildman–Crippen LogP) is 3.40. The van der Waals surface area contributed by atoms with Gasteiger partial charge in [-0.25, -0.2) is 9.78 Å². The molecule has 0 radical (unpaired) electrons. The SMILES string of the molecule is CN(C)C1CN(c2ccc(-n3cc(C(=O)O)c(=O)c4cc(Cl)c(N5Cc6cccnc6C5)cc43)cn2)C1. The number of hydrogen-bond acceptors (Lipinski definition) is 7. The van der Waals surface area contributed by atoms with Gasteiger partial charge in [0.05, 0.1) is 40.3 Å². The summed E-state index contributed by atoms with van der Waals surface area (Å²) in [5.41, 5.74) is 3.18. The number of carboxylic acids is 1. The number of benzene rings is 1. The standard InChI is InChI=1S/C27H25ClN6O3/c1-31(2)18-12-33(13-18)25-6-5-17(10-30-25)34-14-20(27(36)37)26(35)19-8-21(28)24(9-23(19)34)32-11-16-4-3-7-29-22(16)15-32/h3-10,14,18H,11-13,15H2,1-2H3,(H,36,37). The summed E-state index contributed by atoms with van der Waals surface area (Å²) < 4.78 is 1.71. The van der Waals surface area contributed by atoms with Crippen molar-refractivity contribution in [3.05, 3.63) is 87.1 Å². The summed E-state index contributed by atoms with van der Waals surface area (Å²) in [4.78, 5) is 40.6. The Morgan fingerprint density at radius 2 is 1.92 bits per heavy atom. The predicted molar refractivity (Wildman–Crippen MR) is 143 cm³/mol. The number of aromatic nitrogens is 3. The van der Waals surface area contributed by atoms with Crippen molar-refractivity contribution in [3.63, 3.8) is 0 Å². The minimum absolute atomic E-state index is 0.240. The van der Waals surface area contributed by atoms with E-state index in [1.165, 1.54) is 6.20 Å². The highest BCUT2D eigenvalue weighted by molar-refractivity contribution is 6.34. The van der Waals surface area contributed by atoms with Crippen LogP contribution in [-0.2, 0) is 13.1 Å². The Kier molecular flexibility index (Phi) is 5.62. The fraction of sp³-hybridized carbons (Fsp3) is 0.259. The Bertz CT molecular complexity index is 1570. The first-order chi connectivity index (χ1) is 17.8. The van der Waals surface area contributed by atoms with E-state index in [0.29, 0.717) is 35.4 Å². The summed E-state index contributed by atoms with van der Waals surface area (Å²) in [5.74, 6) is -0.432. The second kappa shape index (κ2) is 8.86. The van der Waals surface area contributed by atoms with Crippen LogP contribution < -0.4 is 15.2 Å². The number of rotatable bonds is 5. The quantitative estimate of drug-likeness (QED) is 0.431. The number of anilines is 2. The van der Waals surface area contributed by atoms with Gasteiger partial charge >= 0.3 is 5.97 Å². The highest BCUT2D eigenvalue weighted by atomic mass is 35.5. The molecule has 0 aliphatic carbocycles. The molecular formula is C27H25ClN6O3. The molecule has 2 aliphatic rings. The number of aromatic carboxylic acids is 1. The van der Waals surface area contributed by atoms with Crippen LogP contribution in [0.5, 0.6) is 0 Å². The maximum absolute atomic E-state index is 13.1. The highest BCUT2D eigenvalue weighted by Crippen LogP contribution is 2.36. The molecule has 1 saturated heterocycles. The van der Waals surface area contributed by atoms with E-state index in [2.05, 4.69) is 38.8 Å². The lowest BCUT2D eigenvalue weighted by Crippen LogP contribution is -2.57. The van der Waals surface area contributed by atoms with E-state index in [4.69, 9.17) is 11.6 Å². The van der Waals surface area contributed by atoms with Gasteiger partial charge < -0.3 is 24.4 Å². The first kappa shape index (κ1) is 23.4. The Labute approximate surface area is 218 Å². The van der Waals surface area contributed by atoms with Crippen molar-refractivity contribution in [2.45, 2.75) is 19.1 Å². The molecule has 1 aromatic carbocycles. The first-order valence-corrected chi connectivity index (χ1v) is 12.4. The van der Waals surface area contributed by atoms with E-state index in [1.54, 1.807) is 23.0 Å². The highest BCUT2D eigenvalue weighted by Gasteiger charge is 2.29. The van der Waals surface area contributed by atoms with E-state index in [9.17, 15) is 14.7 Å². The molecule has 0 saturated carbocycles. The molecule has 2 aliphatic heterocycles. The van der Waals surface area contributed by atoms with Gasteiger partial charge in [-0.1, -0.05) is 17.7 Å². The van der Waals surface area contributed by atoms with Crippen LogP contribution in [0, 0.1) is 0 Å². The molecule has 0 unspecified atom stereocenters. The van der Waals surface area contributed by atoms with E-state index in [0.717, 1.165) is 35.9 Å². The van der Waals surface area contributed by atoms with Gasteiger partial charge in [0.15, 0.2) is 0 Å². The topological polar surface area (TPSA) is 94.8 Å². The lowest BCUT2D eigenvalue weighted by Gasteiger charge is -2.43. The van der Waals surface area contributed by atoms with Crippen molar-refractivity contribution >= 4 is 40.0 Å². The van der Waals surface area contributed by atoms with Crippen LogP contribution in [0.2, 0.25) is 5.02 Å². The molecule has 3 aromatic heterocycles. The lowest BCUT2D eigenvalue weighted by atomic mass is 10.1. The van der Waals surface area contributed by atoms with Crippen molar-refractivity contribution in [2.75, 3.05) is 37.0 Å². The van der Waals surface area contributed by atoms with Gasteiger partial charge in [-0.2, -0.15) is 0 Å². The second-order valence-electron chi connectivity index (χ2n) is 9.73.